The molecule has 0 atom stereocenters. The zero-order valence-corrected chi connectivity index (χ0v) is 11.5. The Morgan fingerprint density at radius 2 is 1.79 bits per heavy atom. The fourth-order valence-electron chi connectivity index (χ4n) is 2.52. The molecule has 1 aromatic carbocycles. The highest BCUT2D eigenvalue weighted by Crippen LogP contribution is 2.36. The molecule has 0 radical (unpaired) electrons. The Labute approximate surface area is 118 Å². The Bertz CT molecular complexity index is 523. The first-order valence-corrected chi connectivity index (χ1v) is 7.11. The summed E-state index contributed by atoms with van der Waals surface area (Å²) in [6.07, 6.45) is 4.64. The smallest absolute Gasteiger partial charge is 0.321 e. The Morgan fingerprint density at radius 1 is 1.11 bits per heavy atom. The normalized spacial score (nSPS) is 18.5. The first kappa shape index (κ1) is 12.5. The van der Waals surface area contributed by atoms with Gasteiger partial charge in [-0.3, -0.25) is 0 Å². The van der Waals surface area contributed by atoms with E-state index in [0.717, 1.165) is 31.6 Å². The average molecular weight is 277 g/mol. The molecule has 2 aliphatic rings. The number of likely N-dealkylation sites (tertiary alicyclic amines) is 1. The SMILES string of the molecule is O=C(Nc1cccc(Cl)c1)N1CCC(=C2CC2)CC1. The van der Waals surface area contributed by atoms with Crippen molar-refractivity contribution in [1.29, 1.82) is 0 Å². The van der Waals surface area contributed by atoms with Crippen molar-refractivity contribution in [2.24, 2.45) is 0 Å². The number of carbonyl (C=O) groups excluding carboxylic acids is 1. The molecule has 3 nitrogen and oxygen atoms in total. The minimum absolute atomic E-state index is 0.0258. The Kier molecular flexibility index (Phi) is 3.47. The van der Waals surface area contributed by atoms with E-state index in [0.29, 0.717) is 5.02 Å². The van der Waals surface area contributed by atoms with Crippen LogP contribution in [0.15, 0.2) is 35.4 Å². The van der Waals surface area contributed by atoms with E-state index < -0.39 is 0 Å². The molecule has 1 saturated carbocycles. The number of allylic oxidation sites excluding steroid dienone is 1. The third kappa shape index (κ3) is 3.10. The number of hydrogen-bond acceptors (Lipinski definition) is 1. The van der Waals surface area contributed by atoms with Crippen molar-refractivity contribution in [3.05, 3.63) is 40.4 Å². The molecule has 0 bridgehead atoms. The van der Waals surface area contributed by atoms with Gasteiger partial charge in [0.1, 0.15) is 0 Å². The van der Waals surface area contributed by atoms with E-state index in [1.165, 1.54) is 12.8 Å². The second kappa shape index (κ2) is 5.25. The second-order valence-corrected chi connectivity index (χ2v) is 5.57. The van der Waals surface area contributed by atoms with Crippen LogP contribution < -0.4 is 5.32 Å². The molecule has 3 rings (SSSR count). The van der Waals surface area contributed by atoms with Gasteiger partial charge < -0.3 is 10.2 Å². The summed E-state index contributed by atoms with van der Waals surface area (Å²) in [5.41, 5.74) is 3.98. The van der Waals surface area contributed by atoms with Crippen molar-refractivity contribution < 1.29 is 4.79 Å². The fraction of sp³-hybridized carbons (Fsp3) is 0.400. The van der Waals surface area contributed by atoms with Gasteiger partial charge in [-0.15, -0.1) is 0 Å². The maximum absolute atomic E-state index is 12.1. The van der Waals surface area contributed by atoms with Crippen molar-refractivity contribution in [2.45, 2.75) is 25.7 Å². The Balaban J connectivity index is 1.58. The standard InChI is InChI=1S/C15H17ClN2O/c16-13-2-1-3-14(10-13)17-15(19)18-8-6-12(7-9-18)11-4-5-11/h1-3,10H,4-9H2,(H,17,19). The van der Waals surface area contributed by atoms with E-state index in [4.69, 9.17) is 11.6 Å². The first-order valence-electron chi connectivity index (χ1n) is 6.73. The molecule has 1 N–H and O–H groups in total. The molecule has 2 amide bonds. The fourth-order valence-corrected chi connectivity index (χ4v) is 2.71. The first-order chi connectivity index (χ1) is 9.22. The minimum atomic E-state index is -0.0258. The van der Waals surface area contributed by atoms with Crippen LogP contribution in [0.5, 0.6) is 0 Å². The summed E-state index contributed by atoms with van der Waals surface area (Å²) in [5, 5.41) is 3.53. The number of carbonyl (C=O) groups is 1. The molecule has 0 aromatic heterocycles. The van der Waals surface area contributed by atoms with Gasteiger partial charge in [-0.05, 0) is 43.9 Å². The molecule has 2 fully saturated rings. The zero-order chi connectivity index (χ0) is 13.2. The lowest BCUT2D eigenvalue weighted by molar-refractivity contribution is 0.207. The van der Waals surface area contributed by atoms with Crippen molar-refractivity contribution in [2.75, 3.05) is 18.4 Å². The molecule has 1 aromatic rings. The lowest BCUT2D eigenvalue weighted by Crippen LogP contribution is -2.39. The highest BCUT2D eigenvalue weighted by molar-refractivity contribution is 6.30. The number of urea groups is 1. The van der Waals surface area contributed by atoms with Crippen molar-refractivity contribution >= 4 is 23.3 Å². The zero-order valence-electron chi connectivity index (χ0n) is 10.8. The lowest BCUT2D eigenvalue weighted by atomic mass is 10.0. The number of benzene rings is 1. The molecule has 100 valence electrons. The van der Waals surface area contributed by atoms with Crippen LogP contribution in [0.3, 0.4) is 0 Å². The predicted molar refractivity (Wildman–Crippen MR) is 77.5 cm³/mol. The number of anilines is 1. The van der Waals surface area contributed by atoms with Crippen molar-refractivity contribution in [3.63, 3.8) is 0 Å². The predicted octanol–water partition coefficient (Wildman–Crippen LogP) is 4.06. The number of halogens is 1. The lowest BCUT2D eigenvalue weighted by Gasteiger charge is -2.28. The molecule has 1 heterocycles. The number of nitrogens with zero attached hydrogens (tertiary/aromatic N) is 1. The molecule has 4 heteroatoms. The second-order valence-electron chi connectivity index (χ2n) is 5.13. The van der Waals surface area contributed by atoms with Crippen LogP contribution in [0, 0.1) is 0 Å². The van der Waals surface area contributed by atoms with Gasteiger partial charge in [0.05, 0.1) is 0 Å². The van der Waals surface area contributed by atoms with Crippen molar-refractivity contribution in [1.82, 2.24) is 4.90 Å². The van der Waals surface area contributed by atoms with Crippen LogP contribution >= 0.6 is 11.6 Å². The summed E-state index contributed by atoms with van der Waals surface area (Å²) >= 11 is 5.90. The van der Waals surface area contributed by atoms with Crippen LogP contribution in [-0.2, 0) is 0 Å². The highest BCUT2D eigenvalue weighted by Gasteiger charge is 2.24. The average Bonchev–Trinajstić information content (AvgIpc) is 3.23. The Hall–Kier alpha value is -1.48. The number of amides is 2. The van der Waals surface area contributed by atoms with E-state index in [1.54, 1.807) is 23.3 Å². The molecule has 1 aliphatic heterocycles. The number of hydrogen-bond donors (Lipinski definition) is 1. The summed E-state index contributed by atoms with van der Waals surface area (Å²) in [4.78, 5) is 14.0. The molecule has 0 unspecified atom stereocenters. The van der Waals surface area contributed by atoms with Gasteiger partial charge >= 0.3 is 6.03 Å². The third-order valence-corrected chi connectivity index (χ3v) is 3.97. The summed E-state index contributed by atoms with van der Waals surface area (Å²) in [5.74, 6) is 0. The van der Waals surface area contributed by atoms with Gasteiger partial charge in [-0.1, -0.05) is 28.8 Å². The summed E-state index contributed by atoms with van der Waals surface area (Å²) in [7, 11) is 0. The van der Waals surface area contributed by atoms with Gasteiger partial charge in [0, 0.05) is 23.8 Å². The van der Waals surface area contributed by atoms with Gasteiger partial charge in [0.25, 0.3) is 0 Å². The molecular formula is C15H17ClN2O. The summed E-state index contributed by atoms with van der Waals surface area (Å²) in [6, 6.07) is 7.23. The number of nitrogens with one attached hydrogen (secondary N) is 1. The van der Waals surface area contributed by atoms with Crippen LogP contribution in [0.25, 0.3) is 0 Å². The molecule has 1 aliphatic carbocycles. The van der Waals surface area contributed by atoms with E-state index in [2.05, 4.69) is 5.32 Å². The van der Waals surface area contributed by atoms with Gasteiger partial charge in [-0.25, -0.2) is 4.79 Å². The van der Waals surface area contributed by atoms with Crippen LogP contribution in [0.1, 0.15) is 25.7 Å². The maximum atomic E-state index is 12.1. The van der Waals surface area contributed by atoms with Crippen molar-refractivity contribution in [3.8, 4) is 0 Å². The maximum Gasteiger partial charge on any atom is 0.321 e. The summed E-state index contributed by atoms with van der Waals surface area (Å²) < 4.78 is 0. The van der Waals surface area contributed by atoms with Gasteiger partial charge in [0.2, 0.25) is 0 Å². The monoisotopic (exact) mass is 276 g/mol. The minimum Gasteiger partial charge on any atom is -0.324 e. The summed E-state index contributed by atoms with van der Waals surface area (Å²) in [6.45, 7) is 1.65. The van der Waals surface area contributed by atoms with Gasteiger partial charge in [0.15, 0.2) is 0 Å². The number of rotatable bonds is 1. The van der Waals surface area contributed by atoms with Gasteiger partial charge in [-0.2, -0.15) is 0 Å². The van der Waals surface area contributed by atoms with Crippen LogP contribution in [0.2, 0.25) is 5.02 Å². The van der Waals surface area contributed by atoms with Crippen LogP contribution in [-0.4, -0.2) is 24.0 Å². The number of piperidine rings is 1. The van der Waals surface area contributed by atoms with E-state index >= 15 is 0 Å². The molecule has 1 saturated heterocycles. The Morgan fingerprint density at radius 3 is 2.42 bits per heavy atom. The third-order valence-electron chi connectivity index (χ3n) is 3.73. The topological polar surface area (TPSA) is 32.3 Å². The molecule has 19 heavy (non-hydrogen) atoms. The van der Waals surface area contributed by atoms with E-state index in [-0.39, 0.29) is 6.03 Å². The quantitative estimate of drug-likeness (QED) is 0.771. The highest BCUT2D eigenvalue weighted by atomic mass is 35.5. The van der Waals surface area contributed by atoms with E-state index in [9.17, 15) is 4.79 Å². The van der Waals surface area contributed by atoms with Crippen LogP contribution in [0.4, 0.5) is 10.5 Å². The molecular weight excluding hydrogens is 260 g/mol. The largest absolute Gasteiger partial charge is 0.324 e. The van der Waals surface area contributed by atoms with E-state index in [1.807, 2.05) is 17.0 Å². The molecule has 0 spiro atoms.